The van der Waals surface area contributed by atoms with Crippen LogP contribution < -0.4 is 37.6 Å². The van der Waals surface area contributed by atoms with Crippen molar-refractivity contribution in [3.63, 3.8) is 0 Å². The summed E-state index contributed by atoms with van der Waals surface area (Å²) < 4.78 is 28.2. The molecule has 0 saturated heterocycles. The molecular formula is C76H112IN7O17. The lowest BCUT2D eigenvalue weighted by Crippen LogP contribution is -2.52. The van der Waals surface area contributed by atoms with Crippen molar-refractivity contribution in [2.75, 3.05) is 26.7 Å². The maximum Gasteiger partial charge on any atom is 0.329 e. The molecule has 0 radical (unpaired) electrons. The molecule has 1 fully saturated rings. The Hall–Kier alpha value is -7.55. The van der Waals surface area contributed by atoms with Gasteiger partial charge >= 0.3 is 35.9 Å². The average Bonchev–Trinajstić information content (AvgIpc) is 0.851. The van der Waals surface area contributed by atoms with Gasteiger partial charge in [-0.25, -0.2) is 19.2 Å². The maximum atomic E-state index is 14.3. The van der Waals surface area contributed by atoms with Gasteiger partial charge in [-0.1, -0.05) is 54.6 Å². The van der Waals surface area contributed by atoms with E-state index in [1.807, 2.05) is 66.7 Å². The number of Topliss-reactive ketones (excluding diaryl/α,β-unsaturated/α-hetero) is 2. The molecule has 8 N–H and O–H groups in total. The number of nitrogens with one attached hydrogen (secondary N) is 6. The van der Waals surface area contributed by atoms with Crippen LogP contribution in [0, 0.1) is 27.2 Å². The van der Waals surface area contributed by atoms with Crippen LogP contribution in [-0.4, -0.2) is 144 Å². The molecule has 0 aromatic heterocycles. The third kappa shape index (κ3) is 34.8. The normalized spacial score (nSPS) is 15.9. The summed E-state index contributed by atoms with van der Waals surface area (Å²) in [5.74, 6) is -8.69. The van der Waals surface area contributed by atoms with Crippen molar-refractivity contribution in [3.8, 4) is 0 Å². The zero-order chi connectivity index (χ0) is 75.3. The van der Waals surface area contributed by atoms with Crippen LogP contribution in [0.5, 0.6) is 0 Å². The first kappa shape index (κ1) is 85.9. The summed E-state index contributed by atoms with van der Waals surface area (Å²) in [6.45, 7) is 20.8. The molecule has 560 valence electrons. The van der Waals surface area contributed by atoms with Gasteiger partial charge in [0.05, 0.1) is 19.4 Å². The van der Waals surface area contributed by atoms with Crippen molar-refractivity contribution in [2.24, 2.45) is 29.4 Å². The Morgan fingerprint density at radius 3 is 1.65 bits per heavy atom. The van der Waals surface area contributed by atoms with Gasteiger partial charge in [-0.15, -0.1) is 0 Å². The van der Waals surface area contributed by atoms with Crippen LogP contribution in [-0.2, 0) is 89.3 Å². The lowest BCUT2D eigenvalue weighted by atomic mass is 9.77. The maximum absolute atomic E-state index is 14.3. The predicted molar refractivity (Wildman–Crippen MR) is 391 cm³/mol. The number of urea groups is 1. The van der Waals surface area contributed by atoms with Crippen molar-refractivity contribution in [3.05, 3.63) is 81.4 Å². The Labute approximate surface area is 609 Å². The second-order valence-corrected chi connectivity index (χ2v) is 31.6. The smallest absolute Gasteiger partial charge is 0.329 e. The standard InChI is InChI=1S/C76H112IN7O17/c1-73(2,3)98-65(89)38-37-60(70(94)100-75(7,8)9)84-72(96)83-59(69(93)97-13)26-17-19-40-79-66(90)54(42-50-29-32-51-22-14-15-23-53(51)41-50)44-62(86)52-33-27-49(28-34-52)47-80-67(91)58(25-16-18-39-78)81-64(88)46-61(71(95)101-76(10,11)12)82-63(87)45-55(68(92)99-74(4,5)6)43-57(85)24-20-21-48-30-35-56(77)36-31-48/h14-15,22-23,29-32,35-36,41,49,52,54-55,58-61H,16-21,24-28,33-34,37-40,42-47,78H2,1-13H3,(H,79,90)(H,80,91)(H,81,88)(H,82,87)(H2,83,84,96). The summed E-state index contributed by atoms with van der Waals surface area (Å²) in [7, 11) is 1.18. The fraction of sp³-hybridized carbons (Fsp3) is 0.632. The van der Waals surface area contributed by atoms with E-state index in [-0.39, 0.29) is 93.8 Å². The Bertz CT molecular complexity index is 3270. The first-order valence-corrected chi connectivity index (χ1v) is 36.5. The van der Waals surface area contributed by atoms with E-state index >= 15 is 0 Å². The van der Waals surface area contributed by atoms with Crippen LogP contribution in [0.15, 0.2) is 66.7 Å². The van der Waals surface area contributed by atoms with E-state index in [2.05, 4.69) is 54.5 Å². The second kappa shape index (κ2) is 41.5. The van der Waals surface area contributed by atoms with E-state index in [9.17, 15) is 57.5 Å². The average molecular weight is 1520 g/mol. The second-order valence-electron chi connectivity index (χ2n) is 30.3. The molecule has 6 unspecified atom stereocenters. The molecule has 1 saturated carbocycles. The number of amides is 6. The van der Waals surface area contributed by atoms with E-state index in [1.165, 1.54) is 7.11 Å². The highest BCUT2D eigenvalue weighted by Gasteiger charge is 2.37. The van der Waals surface area contributed by atoms with Crippen molar-refractivity contribution < 1.29 is 81.2 Å². The molecule has 0 heterocycles. The summed E-state index contributed by atoms with van der Waals surface area (Å²) in [4.78, 5) is 163. The first-order chi connectivity index (χ1) is 47.3. The number of hydrogen-bond donors (Lipinski definition) is 7. The van der Waals surface area contributed by atoms with Crippen molar-refractivity contribution in [1.29, 1.82) is 0 Å². The van der Waals surface area contributed by atoms with Gasteiger partial charge in [0, 0.05) is 60.6 Å². The largest absolute Gasteiger partial charge is 0.467 e. The highest BCUT2D eigenvalue weighted by atomic mass is 127. The number of esters is 5. The van der Waals surface area contributed by atoms with E-state index in [0.29, 0.717) is 70.8 Å². The Morgan fingerprint density at radius 2 is 1.05 bits per heavy atom. The Kier molecular flexibility index (Phi) is 35.3. The summed E-state index contributed by atoms with van der Waals surface area (Å²) in [5, 5.41) is 18.4. The predicted octanol–water partition coefficient (Wildman–Crippen LogP) is 9.60. The van der Waals surface area contributed by atoms with Gasteiger partial charge in [0.2, 0.25) is 23.6 Å². The molecule has 6 amide bonds. The van der Waals surface area contributed by atoms with Gasteiger partial charge in [-0.2, -0.15) is 0 Å². The number of rotatable bonds is 39. The summed E-state index contributed by atoms with van der Waals surface area (Å²) in [5.41, 5.74) is 4.12. The number of carbonyl (C=O) groups is 12. The van der Waals surface area contributed by atoms with Gasteiger partial charge < -0.3 is 61.3 Å². The van der Waals surface area contributed by atoms with Gasteiger partial charge in [0.1, 0.15) is 58.1 Å². The number of carbonyl (C=O) groups excluding carboxylic acids is 12. The summed E-state index contributed by atoms with van der Waals surface area (Å²) in [6.07, 6.45) is 4.11. The van der Waals surface area contributed by atoms with Gasteiger partial charge in [-0.3, -0.25) is 38.4 Å². The SMILES string of the molecule is COC(=O)C(CCCCNC(=O)C(CC(=O)C1CCC(CNC(=O)C(CCCCN)NC(=O)CC(NC(=O)CC(CC(=O)CCCc2ccc(I)cc2)C(=O)OC(C)(C)C)C(=O)OC(C)(C)C)CC1)Cc1ccc2ccccc2c1)NC(=O)NC(CCC(=O)OC(C)(C)C)C(=O)OC(C)(C)C. The summed E-state index contributed by atoms with van der Waals surface area (Å²) >= 11 is 2.22. The number of benzene rings is 3. The van der Waals surface area contributed by atoms with E-state index in [4.69, 9.17) is 29.4 Å². The molecule has 3 aromatic rings. The van der Waals surface area contributed by atoms with Crippen LogP contribution in [0.1, 0.15) is 210 Å². The summed E-state index contributed by atoms with van der Waals surface area (Å²) in [6, 6.07) is 15.9. The van der Waals surface area contributed by atoms with E-state index in [0.717, 1.165) is 25.5 Å². The third-order valence-electron chi connectivity index (χ3n) is 16.5. The minimum absolute atomic E-state index is 0.0154. The van der Waals surface area contributed by atoms with Crippen LogP contribution in [0.3, 0.4) is 0 Å². The van der Waals surface area contributed by atoms with Crippen LogP contribution in [0.25, 0.3) is 10.8 Å². The number of nitrogens with two attached hydrogens (primary N) is 1. The highest BCUT2D eigenvalue weighted by molar-refractivity contribution is 14.1. The molecule has 1 aliphatic carbocycles. The van der Waals surface area contributed by atoms with Gasteiger partial charge in [0.15, 0.2) is 0 Å². The van der Waals surface area contributed by atoms with Gasteiger partial charge in [-0.05, 0) is 242 Å². The number of methoxy groups -OCH3 is 1. The van der Waals surface area contributed by atoms with Crippen molar-refractivity contribution in [1.82, 2.24) is 31.9 Å². The highest BCUT2D eigenvalue weighted by Crippen LogP contribution is 2.32. The third-order valence-corrected chi connectivity index (χ3v) is 17.3. The lowest BCUT2D eigenvalue weighted by Gasteiger charge is -2.29. The van der Waals surface area contributed by atoms with E-state index < -0.39 is 125 Å². The van der Waals surface area contributed by atoms with Crippen molar-refractivity contribution in [2.45, 2.75) is 258 Å². The zero-order valence-electron chi connectivity index (χ0n) is 61.6. The number of fused-ring (bicyclic) bond motifs is 1. The number of halogens is 1. The number of unbranched alkanes of at least 4 members (excludes halogenated alkanes) is 2. The number of ether oxygens (including phenoxy) is 5. The Balaban J connectivity index is 1.37. The molecule has 101 heavy (non-hydrogen) atoms. The molecule has 0 spiro atoms. The fourth-order valence-corrected chi connectivity index (χ4v) is 12.0. The van der Waals surface area contributed by atoms with Crippen molar-refractivity contribution >= 4 is 104 Å². The molecule has 1 aliphatic rings. The number of hydrogen-bond acceptors (Lipinski definition) is 18. The quantitative estimate of drug-likeness (QED) is 0.0121. The minimum atomic E-state index is -1.54. The molecule has 6 atom stereocenters. The molecule has 4 rings (SSSR count). The lowest BCUT2D eigenvalue weighted by molar-refractivity contribution is -0.163. The van der Waals surface area contributed by atoms with Crippen LogP contribution in [0.2, 0.25) is 0 Å². The monoisotopic (exact) mass is 1520 g/mol. The molecular weight excluding hydrogens is 1410 g/mol. The molecule has 25 heteroatoms. The fourth-order valence-electron chi connectivity index (χ4n) is 11.6. The first-order valence-electron chi connectivity index (χ1n) is 35.4. The topological polar surface area (TPSA) is 349 Å². The Morgan fingerprint density at radius 1 is 0.505 bits per heavy atom. The number of aryl methyl sites for hydroxylation is 1. The molecule has 0 bridgehead atoms. The van der Waals surface area contributed by atoms with Gasteiger partial charge in [0.25, 0.3) is 0 Å². The van der Waals surface area contributed by atoms with E-state index in [1.54, 1.807) is 83.1 Å². The molecule has 24 nitrogen and oxygen atoms in total. The number of ketones is 2. The molecule has 0 aliphatic heterocycles. The minimum Gasteiger partial charge on any atom is -0.467 e. The molecule has 3 aromatic carbocycles. The van der Waals surface area contributed by atoms with Crippen LogP contribution in [0.4, 0.5) is 4.79 Å². The zero-order valence-corrected chi connectivity index (χ0v) is 63.8. The van der Waals surface area contributed by atoms with Crippen LogP contribution >= 0.6 is 22.6 Å².